The number of fused-ring (bicyclic) bond motifs is 1. The summed E-state index contributed by atoms with van der Waals surface area (Å²) in [6, 6.07) is 14.2. The predicted octanol–water partition coefficient (Wildman–Crippen LogP) is 6.14. The predicted molar refractivity (Wildman–Crippen MR) is 156 cm³/mol. The van der Waals surface area contributed by atoms with Gasteiger partial charge in [-0.2, -0.15) is 0 Å². The highest BCUT2D eigenvalue weighted by molar-refractivity contribution is 7.22. The van der Waals surface area contributed by atoms with Crippen molar-refractivity contribution in [1.29, 1.82) is 0 Å². The van der Waals surface area contributed by atoms with Gasteiger partial charge in [-0.3, -0.25) is 4.90 Å². The van der Waals surface area contributed by atoms with Gasteiger partial charge in [0.1, 0.15) is 17.2 Å². The smallest absolute Gasteiger partial charge is 0.338 e. The number of carbonyl (C=O) groups is 1. The number of benzene rings is 2. The molecule has 4 aromatic rings. The lowest BCUT2D eigenvalue weighted by Crippen LogP contribution is -2.38. The normalized spacial score (nSPS) is 14.4. The highest BCUT2D eigenvalue weighted by Gasteiger charge is 2.22. The average molecular weight is 549 g/mol. The van der Waals surface area contributed by atoms with Crippen LogP contribution in [0.25, 0.3) is 15.9 Å². The van der Waals surface area contributed by atoms with Crippen LogP contribution < -0.4 is 14.8 Å². The van der Waals surface area contributed by atoms with Crippen LogP contribution in [0.15, 0.2) is 54.9 Å². The Hall–Kier alpha value is -3.56. The van der Waals surface area contributed by atoms with E-state index in [1.165, 1.54) is 5.56 Å². The van der Waals surface area contributed by atoms with Crippen LogP contribution in [0.5, 0.6) is 11.5 Å². The maximum absolute atomic E-state index is 12.1. The Balaban J connectivity index is 1.23. The number of carbonyl (C=O) groups excluding carboxylic acids is 1. The van der Waals surface area contributed by atoms with E-state index in [2.05, 4.69) is 26.9 Å². The van der Waals surface area contributed by atoms with Crippen LogP contribution in [0.2, 0.25) is 0 Å². The Labute approximate surface area is 233 Å². The van der Waals surface area contributed by atoms with Crippen molar-refractivity contribution in [1.82, 2.24) is 14.5 Å². The topological polar surface area (TPSA) is 77.8 Å². The fraction of sp³-hybridized carbons (Fsp3) is 0.400. The third kappa shape index (κ3) is 6.37. The van der Waals surface area contributed by atoms with Gasteiger partial charge in [-0.25, -0.2) is 9.78 Å². The molecule has 0 radical (unpaired) electrons. The molecule has 0 bridgehead atoms. The molecule has 206 valence electrons. The van der Waals surface area contributed by atoms with Crippen LogP contribution >= 0.6 is 11.3 Å². The second kappa shape index (κ2) is 12.5. The summed E-state index contributed by atoms with van der Waals surface area (Å²) in [5.74, 6) is 1.37. The first-order valence-corrected chi connectivity index (χ1v) is 14.5. The molecule has 3 heterocycles. The number of likely N-dealkylation sites (tertiary alicyclic amines) is 1. The number of nitrogens with one attached hydrogen (secondary N) is 1. The van der Waals surface area contributed by atoms with Crippen LogP contribution in [-0.2, 0) is 11.3 Å². The number of aromatic nitrogens is 2. The van der Waals surface area contributed by atoms with E-state index in [0.717, 1.165) is 65.0 Å². The van der Waals surface area contributed by atoms with E-state index < -0.39 is 0 Å². The molecule has 0 unspecified atom stereocenters. The lowest BCUT2D eigenvalue weighted by molar-refractivity contribution is 0.0526. The second-order valence-electron chi connectivity index (χ2n) is 9.51. The number of ether oxygens (including phenoxy) is 3. The number of hydrogen-bond acceptors (Lipinski definition) is 8. The molecule has 1 saturated heterocycles. The van der Waals surface area contributed by atoms with Gasteiger partial charge < -0.3 is 24.1 Å². The molecule has 0 atom stereocenters. The molecule has 9 heteroatoms. The minimum Gasteiger partial charge on any atom is -0.492 e. The highest BCUT2D eigenvalue weighted by Crippen LogP contribution is 2.36. The fourth-order valence-electron chi connectivity index (χ4n) is 5.00. The number of nitrogens with zero attached hydrogens (tertiary/aromatic N) is 3. The Bertz CT molecular complexity index is 1370. The second-order valence-corrected chi connectivity index (χ2v) is 10.5. The van der Waals surface area contributed by atoms with Crippen LogP contribution in [-0.4, -0.2) is 59.4 Å². The van der Waals surface area contributed by atoms with Crippen molar-refractivity contribution in [3.8, 4) is 17.2 Å². The monoisotopic (exact) mass is 548 g/mol. The van der Waals surface area contributed by atoms with Gasteiger partial charge in [0.2, 0.25) is 0 Å². The summed E-state index contributed by atoms with van der Waals surface area (Å²) in [6.07, 6.45) is 6.09. The number of thiazole rings is 1. The van der Waals surface area contributed by atoms with Crippen molar-refractivity contribution in [3.63, 3.8) is 0 Å². The molecule has 1 N–H and O–H groups in total. The van der Waals surface area contributed by atoms with Gasteiger partial charge in [0, 0.05) is 38.1 Å². The molecule has 0 aliphatic carbocycles. The standard InChI is InChI=1S/C30H36N4O4S/c1-4-36-25-17-21(18-26(37-5-2)28(25)34-13-7-8-14-34)20-33-15-11-23(12-16-33)31-30-32-24-19-22(29(35)38-6-3)9-10-27(24)39-30/h7-10,13-14,17-19,23H,4-6,11-12,15-16,20H2,1-3H3,(H,31,32). The first kappa shape index (κ1) is 27.0. The van der Waals surface area contributed by atoms with Gasteiger partial charge in [-0.1, -0.05) is 11.3 Å². The lowest BCUT2D eigenvalue weighted by Gasteiger charge is -2.32. The molecule has 1 aliphatic rings. The van der Waals surface area contributed by atoms with Crippen LogP contribution in [0.3, 0.4) is 0 Å². The summed E-state index contributed by atoms with van der Waals surface area (Å²) in [5.41, 5.74) is 3.49. The minimum absolute atomic E-state index is 0.310. The van der Waals surface area contributed by atoms with Crippen LogP contribution in [0, 0.1) is 0 Å². The zero-order valence-corrected chi connectivity index (χ0v) is 23.6. The molecule has 0 amide bonds. The maximum atomic E-state index is 12.1. The third-order valence-corrected chi connectivity index (χ3v) is 7.75. The van der Waals surface area contributed by atoms with E-state index in [-0.39, 0.29) is 5.97 Å². The van der Waals surface area contributed by atoms with Crippen molar-refractivity contribution in [2.45, 2.75) is 46.2 Å². The molecular weight excluding hydrogens is 512 g/mol. The summed E-state index contributed by atoms with van der Waals surface area (Å²) < 4.78 is 20.3. The van der Waals surface area contributed by atoms with Crippen molar-refractivity contribution < 1.29 is 19.0 Å². The largest absolute Gasteiger partial charge is 0.492 e. The van der Waals surface area contributed by atoms with Crippen LogP contribution in [0.1, 0.15) is 49.5 Å². The molecule has 39 heavy (non-hydrogen) atoms. The zero-order chi connectivity index (χ0) is 27.2. The molecule has 2 aromatic heterocycles. The van der Waals surface area contributed by atoms with Crippen LogP contribution in [0.4, 0.5) is 5.13 Å². The van der Waals surface area contributed by atoms with Gasteiger partial charge in [-0.05, 0) is 81.6 Å². The highest BCUT2D eigenvalue weighted by atomic mass is 32.1. The Kier molecular flexibility index (Phi) is 8.68. The van der Waals surface area contributed by atoms with Gasteiger partial charge >= 0.3 is 5.97 Å². The molecule has 1 fully saturated rings. The summed E-state index contributed by atoms with van der Waals surface area (Å²) in [5, 5.41) is 4.52. The van der Waals surface area contributed by atoms with Crippen molar-refractivity contribution in [3.05, 3.63) is 66.0 Å². The van der Waals surface area contributed by atoms with Crippen molar-refractivity contribution >= 4 is 32.7 Å². The molecule has 0 spiro atoms. The minimum atomic E-state index is -0.310. The van der Waals surface area contributed by atoms with Gasteiger partial charge in [0.15, 0.2) is 5.13 Å². The first-order valence-electron chi connectivity index (χ1n) is 13.7. The van der Waals surface area contributed by atoms with Gasteiger partial charge in [-0.15, -0.1) is 0 Å². The van der Waals surface area contributed by atoms with Gasteiger partial charge in [0.05, 0.1) is 35.6 Å². The quantitative estimate of drug-likeness (QED) is 0.226. The molecule has 0 saturated carbocycles. The van der Waals surface area contributed by atoms with E-state index in [0.29, 0.717) is 31.4 Å². The molecule has 8 nitrogen and oxygen atoms in total. The van der Waals surface area contributed by atoms with E-state index in [1.54, 1.807) is 17.4 Å². The summed E-state index contributed by atoms with van der Waals surface area (Å²) in [6.45, 7) is 10.2. The number of anilines is 1. The van der Waals surface area contributed by atoms with Gasteiger partial charge in [0.25, 0.3) is 0 Å². The Morgan fingerprint density at radius 3 is 2.33 bits per heavy atom. The summed E-state index contributed by atoms with van der Waals surface area (Å²) in [4.78, 5) is 19.3. The van der Waals surface area contributed by atoms with E-state index >= 15 is 0 Å². The van der Waals surface area contributed by atoms with E-state index in [9.17, 15) is 4.79 Å². The number of esters is 1. The molecule has 1 aliphatic heterocycles. The SMILES string of the molecule is CCOC(=O)c1ccc2sc(NC3CCN(Cc4cc(OCC)c(-n5cccc5)c(OCC)c4)CC3)nc2c1. The summed E-state index contributed by atoms with van der Waals surface area (Å²) in [7, 11) is 0. The number of hydrogen-bond donors (Lipinski definition) is 1. The van der Waals surface area contributed by atoms with E-state index in [1.807, 2.05) is 57.4 Å². The third-order valence-electron chi connectivity index (χ3n) is 6.78. The van der Waals surface area contributed by atoms with E-state index in [4.69, 9.17) is 19.2 Å². The summed E-state index contributed by atoms with van der Waals surface area (Å²) >= 11 is 1.62. The Morgan fingerprint density at radius 2 is 1.69 bits per heavy atom. The Morgan fingerprint density at radius 1 is 1.00 bits per heavy atom. The molecule has 2 aromatic carbocycles. The number of piperidine rings is 1. The maximum Gasteiger partial charge on any atom is 0.338 e. The number of rotatable bonds is 11. The lowest BCUT2D eigenvalue weighted by atomic mass is 10.0. The first-order chi connectivity index (χ1) is 19.1. The zero-order valence-electron chi connectivity index (χ0n) is 22.8. The molecular formula is C30H36N4O4S. The molecule has 5 rings (SSSR count). The fourth-order valence-corrected chi connectivity index (χ4v) is 5.92. The van der Waals surface area contributed by atoms with Crippen molar-refractivity contribution in [2.24, 2.45) is 0 Å². The average Bonchev–Trinajstić information content (AvgIpc) is 3.60. The van der Waals surface area contributed by atoms with Crippen molar-refractivity contribution in [2.75, 3.05) is 38.2 Å².